The summed E-state index contributed by atoms with van der Waals surface area (Å²) in [4.78, 5) is 15.4. The minimum absolute atomic E-state index is 0.0898. The third-order valence-electron chi connectivity index (χ3n) is 1.90. The summed E-state index contributed by atoms with van der Waals surface area (Å²) < 4.78 is 1.57. The summed E-state index contributed by atoms with van der Waals surface area (Å²) in [5, 5.41) is 6.70. The van der Waals surface area contributed by atoms with Crippen molar-refractivity contribution < 1.29 is 4.79 Å². The van der Waals surface area contributed by atoms with Crippen LogP contribution >= 0.6 is 11.6 Å². The molecule has 1 N–H and O–H groups in total. The maximum Gasteiger partial charge on any atom is 0.239 e. The van der Waals surface area contributed by atoms with E-state index < -0.39 is 0 Å². The number of rotatable bonds is 3. The minimum Gasteiger partial charge on any atom is -0.322 e. The fourth-order valence-electron chi connectivity index (χ4n) is 1.25. The highest BCUT2D eigenvalue weighted by Gasteiger charge is 2.08. The minimum atomic E-state index is -0.275. The number of alkyl halides is 1. The quantitative estimate of drug-likeness (QED) is 0.821. The fourth-order valence-corrected chi connectivity index (χ4v) is 1.32. The first-order valence-electron chi connectivity index (χ1n) is 4.62. The summed E-state index contributed by atoms with van der Waals surface area (Å²) >= 11 is 5.42. The first-order chi connectivity index (χ1) is 7.81. The van der Waals surface area contributed by atoms with E-state index in [1.54, 1.807) is 41.5 Å². The zero-order valence-electron chi connectivity index (χ0n) is 8.30. The lowest BCUT2D eigenvalue weighted by atomic mass is 10.4. The van der Waals surface area contributed by atoms with Gasteiger partial charge in [-0.1, -0.05) is 0 Å². The van der Waals surface area contributed by atoms with E-state index in [9.17, 15) is 4.79 Å². The molecule has 0 aliphatic rings. The molecule has 0 aliphatic heterocycles. The molecule has 0 aromatic carbocycles. The average molecular weight is 237 g/mol. The zero-order valence-corrected chi connectivity index (χ0v) is 9.05. The number of amides is 1. The molecule has 0 spiro atoms. The SMILES string of the molecule is O=C(CCl)Nc1cccnc1-n1cccn1. The molecule has 5 nitrogen and oxygen atoms in total. The molecule has 0 unspecified atom stereocenters. The highest BCUT2D eigenvalue weighted by Crippen LogP contribution is 2.15. The van der Waals surface area contributed by atoms with Gasteiger partial charge in [-0.3, -0.25) is 4.79 Å². The van der Waals surface area contributed by atoms with E-state index in [2.05, 4.69) is 15.4 Å². The van der Waals surface area contributed by atoms with E-state index in [1.807, 2.05) is 0 Å². The van der Waals surface area contributed by atoms with Gasteiger partial charge in [0.2, 0.25) is 5.91 Å². The van der Waals surface area contributed by atoms with E-state index in [0.29, 0.717) is 11.5 Å². The van der Waals surface area contributed by atoms with E-state index >= 15 is 0 Å². The molecule has 82 valence electrons. The van der Waals surface area contributed by atoms with Gasteiger partial charge in [-0.25, -0.2) is 9.67 Å². The Balaban J connectivity index is 2.35. The van der Waals surface area contributed by atoms with Gasteiger partial charge in [0.25, 0.3) is 0 Å². The topological polar surface area (TPSA) is 59.8 Å². The number of aromatic nitrogens is 3. The Kier molecular flexibility index (Phi) is 3.16. The first-order valence-corrected chi connectivity index (χ1v) is 5.15. The average Bonchev–Trinajstić information content (AvgIpc) is 2.83. The molecule has 2 rings (SSSR count). The molecule has 0 radical (unpaired) electrons. The van der Waals surface area contributed by atoms with E-state index in [1.165, 1.54) is 0 Å². The van der Waals surface area contributed by atoms with Crippen LogP contribution in [0.1, 0.15) is 0 Å². The Bertz CT molecular complexity index is 483. The normalized spacial score (nSPS) is 10.1. The van der Waals surface area contributed by atoms with Gasteiger partial charge in [-0.2, -0.15) is 5.10 Å². The van der Waals surface area contributed by atoms with Gasteiger partial charge in [0.1, 0.15) is 5.88 Å². The molecule has 16 heavy (non-hydrogen) atoms. The zero-order chi connectivity index (χ0) is 11.4. The lowest BCUT2D eigenvalue weighted by Gasteiger charge is -2.08. The third kappa shape index (κ3) is 2.20. The number of hydrogen-bond acceptors (Lipinski definition) is 3. The second-order valence-electron chi connectivity index (χ2n) is 3.01. The van der Waals surface area contributed by atoms with Crippen LogP contribution in [0.5, 0.6) is 0 Å². The van der Waals surface area contributed by atoms with Crippen LogP contribution in [0.2, 0.25) is 0 Å². The van der Waals surface area contributed by atoms with Gasteiger partial charge >= 0.3 is 0 Å². The number of halogens is 1. The number of carbonyl (C=O) groups is 1. The van der Waals surface area contributed by atoms with Crippen LogP contribution in [-0.4, -0.2) is 26.6 Å². The fraction of sp³-hybridized carbons (Fsp3) is 0.100. The van der Waals surface area contributed by atoms with Crippen molar-refractivity contribution in [2.24, 2.45) is 0 Å². The monoisotopic (exact) mass is 236 g/mol. The number of nitrogens with one attached hydrogen (secondary N) is 1. The van der Waals surface area contributed by atoms with Crippen molar-refractivity contribution in [2.75, 3.05) is 11.2 Å². The largest absolute Gasteiger partial charge is 0.322 e. The Morgan fingerprint density at radius 3 is 3.00 bits per heavy atom. The van der Waals surface area contributed by atoms with Crippen molar-refractivity contribution in [3.63, 3.8) is 0 Å². The van der Waals surface area contributed by atoms with Crippen molar-refractivity contribution >= 4 is 23.2 Å². The summed E-state index contributed by atoms with van der Waals surface area (Å²) in [6, 6.07) is 5.26. The predicted octanol–water partition coefficient (Wildman–Crippen LogP) is 1.44. The van der Waals surface area contributed by atoms with Crippen LogP contribution in [0.3, 0.4) is 0 Å². The van der Waals surface area contributed by atoms with Crippen molar-refractivity contribution in [1.29, 1.82) is 0 Å². The number of hydrogen-bond donors (Lipinski definition) is 1. The van der Waals surface area contributed by atoms with E-state index in [-0.39, 0.29) is 11.8 Å². The lowest BCUT2D eigenvalue weighted by Crippen LogP contribution is -2.15. The van der Waals surface area contributed by atoms with Gasteiger partial charge in [0, 0.05) is 18.6 Å². The number of pyridine rings is 1. The molecule has 0 bridgehead atoms. The second kappa shape index (κ2) is 4.76. The molecule has 1 amide bonds. The maximum absolute atomic E-state index is 11.2. The standard InChI is InChI=1S/C10H9ClN4O/c11-7-9(16)14-8-3-1-4-12-10(8)15-6-2-5-13-15/h1-6H,7H2,(H,14,16). The molecular weight excluding hydrogens is 228 g/mol. The number of carbonyl (C=O) groups excluding carboxylic acids is 1. The summed E-state index contributed by atoms with van der Waals surface area (Å²) in [7, 11) is 0. The Morgan fingerprint density at radius 2 is 2.31 bits per heavy atom. The summed E-state index contributed by atoms with van der Waals surface area (Å²) in [6.07, 6.45) is 5.02. The Morgan fingerprint density at radius 1 is 1.44 bits per heavy atom. The number of nitrogens with zero attached hydrogens (tertiary/aromatic N) is 3. The van der Waals surface area contributed by atoms with E-state index in [0.717, 1.165) is 0 Å². The molecule has 0 atom stereocenters. The van der Waals surface area contributed by atoms with Crippen molar-refractivity contribution in [3.05, 3.63) is 36.8 Å². The van der Waals surface area contributed by atoms with Crippen LogP contribution in [0.25, 0.3) is 5.82 Å². The summed E-state index contributed by atoms with van der Waals surface area (Å²) in [6.45, 7) is 0. The summed E-state index contributed by atoms with van der Waals surface area (Å²) in [5.74, 6) is 0.196. The van der Waals surface area contributed by atoms with Gasteiger partial charge < -0.3 is 5.32 Å². The van der Waals surface area contributed by atoms with Crippen molar-refractivity contribution in [1.82, 2.24) is 14.8 Å². The molecule has 6 heteroatoms. The van der Waals surface area contributed by atoms with Crippen LogP contribution in [0.4, 0.5) is 5.69 Å². The van der Waals surface area contributed by atoms with Gasteiger partial charge in [0.15, 0.2) is 5.82 Å². The Labute approximate surface area is 97.1 Å². The van der Waals surface area contributed by atoms with Crippen LogP contribution in [0, 0.1) is 0 Å². The highest BCUT2D eigenvalue weighted by molar-refractivity contribution is 6.29. The molecule has 2 aromatic heterocycles. The van der Waals surface area contributed by atoms with Crippen molar-refractivity contribution in [3.8, 4) is 5.82 Å². The van der Waals surface area contributed by atoms with Crippen LogP contribution in [0.15, 0.2) is 36.8 Å². The van der Waals surface area contributed by atoms with Crippen LogP contribution < -0.4 is 5.32 Å². The van der Waals surface area contributed by atoms with E-state index in [4.69, 9.17) is 11.6 Å². The number of anilines is 1. The second-order valence-corrected chi connectivity index (χ2v) is 3.27. The van der Waals surface area contributed by atoms with Gasteiger partial charge in [-0.15, -0.1) is 11.6 Å². The lowest BCUT2D eigenvalue weighted by molar-refractivity contribution is -0.113. The smallest absolute Gasteiger partial charge is 0.239 e. The first kappa shape index (κ1) is 10.6. The third-order valence-corrected chi connectivity index (χ3v) is 2.15. The molecule has 0 saturated heterocycles. The van der Waals surface area contributed by atoms with Gasteiger partial charge in [-0.05, 0) is 18.2 Å². The molecule has 2 heterocycles. The predicted molar refractivity (Wildman–Crippen MR) is 60.7 cm³/mol. The molecule has 2 aromatic rings. The molecule has 0 saturated carbocycles. The maximum atomic E-state index is 11.2. The molecule has 0 aliphatic carbocycles. The van der Waals surface area contributed by atoms with Crippen LogP contribution in [-0.2, 0) is 4.79 Å². The highest BCUT2D eigenvalue weighted by atomic mass is 35.5. The van der Waals surface area contributed by atoms with Gasteiger partial charge in [0.05, 0.1) is 5.69 Å². The summed E-state index contributed by atoms with van der Waals surface area (Å²) in [5.41, 5.74) is 0.580. The molecule has 0 fully saturated rings. The van der Waals surface area contributed by atoms with Crippen molar-refractivity contribution in [2.45, 2.75) is 0 Å². The Hall–Kier alpha value is -1.88. The molecular formula is C10H9ClN4O.